The molecule has 2 N–H and O–H groups in total. The summed E-state index contributed by atoms with van der Waals surface area (Å²) in [5.41, 5.74) is 6.11. The van der Waals surface area contributed by atoms with Crippen LogP contribution in [0, 0.1) is 0 Å². The molecule has 1 aromatic rings. The lowest BCUT2D eigenvalue weighted by molar-refractivity contribution is -0.274. The highest BCUT2D eigenvalue weighted by Crippen LogP contribution is 2.26. The zero-order valence-corrected chi connectivity index (χ0v) is 8.47. The van der Waals surface area contributed by atoms with Crippen LogP contribution in [-0.2, 0) is 11.2 Å². The summed E-state index contributed by atoms with van der Waals surface area (Å²) < 4.78 is 39.5. The number of benzene rings is 1. The van der Waals surface area contributed by atoms with Gasteiger partial charge in [0.05, 0.1) is 0 Å². The number of ketones is 1. The number of anilines is 1. The molecule has 0 spiro atoms. The van der Waals surface area contributed by atoms with Gasteiger partial charge in [-0.2, -0.15) is 0 Å². The Morgan fingerprint density at radius 1 is 1.44 bits per heavy atom. The van der Waals surface area contributed by atoms with Crippen molar-refractivity contribution in [2.45, 2.75) is 19.7 Å². The Morgan fingerprint density at radius 2 is 2.06 bits per heavy atom. The van der Waals surface area contributed by atoms with E-state index >= 15 is 0 Å². The van der Waals surface area contributed by atoms with Crippen LogP contribution in [-0.4, -0.2) is 12.1 Å². The molecular formula is C10H10F3NO2. The predicted molar refractivity (Wildman–Crippen MR) is 51.9 cm³/mol. The minimum absolute atomic E-state index is 0.0130. The van der Waals surface area contributed by atoms with E-state index in [-0.39, 0.29) is 23.6 Å². The van der Waals surface area contributed by atoms with Crippen LogP contribution in [0.4, 0.5) is 18.9 Å². The Hall–Kier alpha value is -1.72. The number of carbonyl (C=O) groups excluding carboxylic acids is 1. The molecule has 1 aromatic carbocycles. The molecule has 16 heavy (non-hydrogen) atoms. The number of hydrogen-bond acceptors (Lipinski definition) is 3. The monoisotopic (exact) mass is 233 g/mol. The van der Waals surface area contributed by atoms with Gasteiger partial charge in [0.25, 0.3) is 0 Å². The SMILES string of the molecule is CC(=O)Cc1cc(OC(F)(F)F)ccc1N. The first-order valence-corrected chi connectivity index (χ1v) is 4.41. The van der Waals surface area contributed by atoms with Crippen molar-refractivity contribution in [3.63, 3.8) is 0 Å². The summed E-state index contributed by atoms with van der Waals surface area (Å²) >= 11 is 0. The largest absolute Gasteiger partial charge is 0.573 e. The van der Waals surface area contributed by atoms with Crippen molar-refractivity contribution in [3.05, 3.63) is 23.8 Å². The summed E-state index contributed by atoms with van der Waals surface area (Å²) in [6, 6.07) is 3.50. The average molecular weight is 233 g/mol. The van der Waals surface area contributed by atoms with E-state index in [2.05, 4.69) is 4.74 Å². The van der Waals surface area contributed by atoms with Gasteiger partial charge in [-0.3, -0.25) is 4.79 Å². The first-order chi connectivity index (χ1) is 7.28. The van der Waals surface area contributed by atoms with Crippen molar-refractivity contribution in [2.75, 3.05) is 5.73 Å². The second-order valence-electron chi connectivity index (χ2n) is 3.29. The van der Waals surface area contributed by atoms with Gasteiger partial charge in [-0.1, -0.05) is 0 Å². The van der Waals surface area contributed by atoms with Gasteiger partial charge in [-0.05, 0) is 30.7 Å². The summed E-state index contributed by atoms with van der Waals surface area (Å²) in [4.78, 5) is 10.8. The third-order valence-electron chi connectivity index (χ3n) is 1.79. The number of nitrogen functional groups attached to an aromatic ring is 1. The minimum atomic E-state index is -4.75. The Kier molecular flexibility index (Phi) is 3.41. The summed E-state index contributed by atoms with van der Waals surface area (Å²) in [6.07, 6.45) is -4.76. The molecule has 1 rings (SSSR count). The van der Waals surface area contributed by atoms with Crippen LogP contribution in [0.15, 0.2) is 18.2 Å². The minimum Gasteiger partial charge on any atom is -0.406 e. The van der Waals surface area contributed by atoms with Crippen LogP contribution in [0.5, 0.6) is 5.75 Å². The second kappa shape index (κ2) is 4.42. The third-order valence-corrected chi connectivity index (χ3v) is 1.79. The van der Waals surface area contributed by atoms with Crippen LogP contribution in [0.2, 0.25) is 0 Å². The standard InChI is InChI=1S/C10H10F3NO2/c1-6(15)4-7-5-8(2-3-9(7)14)16-10(11,12)13/h2-3,5H,4,14H2,1H3. The zero-order chi connectivity index (χ0) is 12.3. The van der Waals surface area contributed by atoms with Crippen molar-refractivity contribution in [1.82, 2.24) is 0 Å². The molecule has 0 amide bonds. The summed E-state index contributed by atoms with van der Waals surface area (Å²) in [5, 5.41) is 0. The van der Waals surface area contributed by atoms with E-state index in [0.717, 1.165) is 12.1 Å². The number of carbonyl (C=O) groups is 1. The number of Topliss-reactive ketones (excluding diaryl/α,β-unsaturated/α-hetero) is 1. The Balaban J connectivity index is 2.93. The van der Waals surface area contributed by atoms with Crippen molar-refractivity contribution >= 4 is 11.5 Å². The number of alkyl halides is 3. The summed E-state index contributed by atoms with van der Waals surface area (Å²) in [6.45, 7) is 1.33. The summed E-state index contributed by atoms with van der Waals surface area (Å²) in [7, 11) is 0. The van der Waals surface area contributed by atoms with Crippen molar-refractivity contribution in [1.29, 1.82) is 0 Å². The molecule has 0 unspecified atom stereocenters. The lowest BCUT2D eigenvalue weighted by Crippen LogP contribution is -2.17. The molecule has 0 atom stereocenters. The van der Waals surface area contributed by atoms with Crippen molar-refractivity contribution in [3.8, 4) is 5.75 Å². The number of nitrogens with two attached hydrogens (primary N) is 1. The normalized spacial score (nSPS) is 11.2. The molecule has 0 heterocycles. The van der Waals surface area contributed by atoms with E-state index in [1.807, 2.05) is 0 Å². The van der Waals surface area contributed by atoms with Gasteiger partial charge in [-0.25, -0.2) is 0 Å². The van der Waals surface area contributed by atoms with E-state index in [9.17, 15) is 18.0 Å². The highest BCUT2D eigenvalue weighted by Gasteiger charge is 2.31. The number of rotatable bonds is 3. The quantitative estimate of drug-likeness (QED) is 0.815. The fourth-order valence-electron chi connectivity index (χ4n) is 1.20. The van der Waals surface area contributed by atoms with E-state index < -0.39 is 6.36 Å². The molecule has 0 aliphatic heterocycles. The molecule has 0 radical (unpaired) electrons. The van der Waals surface area contributed by atoms with Gasteiger partial charge in [-0.15, -0.1) is 13.2 Å². The Bertz CT molecular complexity index is 402. The molecule has 6 heteroatoms. The molecule has 0 fully saturated rings. The smallest absolute Gasteiger partial charge is 0.406 e. The third kappa shape index (κ3) is 3.80. The molecule has 0 aromatic heterocycles. The average Bonchev–Trinajstić information content (AvgIpc) is 2.07. The topological polar surface area (TPSA) is 52.3 Å². The zero-order valence-electron chi connectivity index (χ0n) is 8.47. The van der Waals surface area contributed by atoms with Crippen LogP contribution < -0.4 is 10.5 Å². The molecule has 88 valence electrons. The Labute approximate surface area is 90.0 Å². The molecule has 3 nitrogen and oxygen atoms in total. The van der Waals surface area contributed by atoms with Gasteiger partial charge in [0.2, 0.25) is 0 Å². The lowest BCUT2D eigenvalue weighted by atomic mass is 10.1. The Morgan fingerprint density at radius 3 is 2.56 bits per heavy atom. The first kappa shape index (κ1) is 12.4. The van der Waals surface area contributed by atoms with Gasteiger partial charge < -0.3 is 10.5 Å². The van der Waals surface area contributed by atoms with Crippen LogP contribution >= 0.6 is 0 Å². The van der Waals surface area contributed by atoms with Gasteiger partial charge >= 0.3 is 6.36 Å². The highest BCUT2D eigenvalue weighted by molar-refractivity contribution is 5.80. The fraction of sp³-hybridized carbons (Fsp3) is 0.300. The van der Waals surface area contributed by atoms with Crippen molar-refractivity contribution in [2.24, 2.45) is 0 Å². The van der Waals surface area contributed by atoms with E-state index in [4.69, 9.17) is 5.73 Å². The van der Waals surface area contributed by atoms with Crippen molar-refractivity contribution < 1.29 is 22.7 Å². The molecular weight excluding hydrogens is 223 g/mol. The lowest BCUT2D eigenvalue weighted by Gasteiger charge is -2.11. The molecule has 0 aliphatic rings. The molecule has 0 saturated carbocycles. The first-order valence-electron chi connectivity index (χ1n) is 4.41. The van der Waals surface area contributed by atoms with Crippen LogP contribution in [0.3, 0.4) is 0 Å². The predicted octanol–water partition coefficient (Wildman–Crippen LogP) is 2.30. The number of ether oxygens (including phenoxy) is 1. The van der Waals surface area contributed by atoms with Crippen LogP contribution in [0.1, 0.15) is 12.5 Å². The second-order valence-corrected chi connectivity index (χ2v) is 3.29. The maximum atomic E-state index is 11.9. The maximum Gasteiger partial charge on any atom is 0.573 e. The fourth-order valence-corrected chi connectivity index (χ4v) is 1.20. The van der Waals surface area contributed by atoms with E-state index in [0.29, 0.717) is 5.56 Å². The maximum absolute atomic E-state index is 11.9. The number of hydrogen-bond donors (Lipinski definition) is 1. The summed E-state index contributed by atoms with van der Waals surface area (Å²) in [5.74, 6) is -0.561. The van der Waals surface area contributed by atoms with Gasteiger partial charge in [0.15, 0.2) is 0 Å². The van der Waals surface area contributed by atoms with Gasteiger partial charge in [0.1, 0.15) is 11.5 Å². The van der Waals surface area contributed by atoms with E-state index in [1.54, 1.807) is 0 Å². The molecule has 0 bridgehead atoms. The van der Waals surface area contributed by atoms with E-state index in [1.165, 1.54) is 13.0 Å². The molecule has 0 aliphatic carbocycles. The van der Waals surface area contributed by atoms with Crippen LogP contribution in [0.25, 0.3) is 0 Å². The molecule has 0 saturated heterocycles. The van der Waals surface area contributed by atoms with Gasteiger partial charge in [0, 0.05) is 12.1 Å². The highest BCUT2D eigenvalue weighted by atomic mass is 19.4. The number of halogens is 3.